The molecular weight excluding hydrogens is 422 g/mol. The van der Waals surface area contributed by atoms with Crippen LogP contribution in [0.3, 0.4) is 0 Å². The van der Waals surface area contributed by atoms with E-state index in [4.69, 9.17) is 16.6 Å². The first kappa shape index (κ1) is 21.3. The lowest BCUT2D eigenvalue weighted by Gasteiger charge is -2.30. The van der Waals surface area contributed by atoms with Crippen molar-refractivity contribution in [3.8, 4) is 11.3 Å². The molecule has 0 aliphatic heterocycles. The summed E-state index contributed by atoms with van der Waals surface area (Å²) >= 11 is 6.51. The van der Waals surface area contributed by atoms with E-state index in [-0.39, 0.29) is 0 Å². The second kappa shape index (κ2) is 9.55. The highest BCUT2D eigenvalue weighted by Crippen LogP contribution is 2.37. The predicted octanol–water partition coefficient (Wildman–Crippen LogP) is 4.39. The number of pyridine rings is 1. The quantitative estimate of drug-likeness (QED) is 0.528. The number of hydrogen-bond acceptors (Lipinski definition) is 6. The van der Waals surface area contributed by atoms with Gasteiger partial charge in [-0.25, -0.2) is 9.97 Å². The van der Waals surface area contributed by atoms with Crippen LogP contribution in [0.5, 0.6) is 0 Å². The summed E-state index contributed by atoms with van der Waals surface area (Å²) < 4.78 is 1.96. The molecular formula is C24H30ClN7. The van der Waals surface area contributed by atoms with Crippen molar-refractivity contribution in [2.24, 2.45) is 13.0 Å². The van der Waals surface area contributed by atoms with Crippen LogP contribution in [0.1, 0.15) is 49.8 Å². The molecule has 0 bridgehead atoms. The molecule has 7 nitrogen and oxygen atoms in total. The van der Waals surface area contributed by atoms with E-state index in [1.807, 2.05) is 36.4 Å². The van der Waals surface area contributed by atoms with Gasteiger partial charge in [-0.2, -0.15) is 5.10 Å². The van der Waals surface area contributed by atoms with Gasteiger partial charge >= 0.3 is 0 Å². The van der Waals surface area contributed by atoms with E-state index < -0.39 is 0 Å². The van der Waals surface area contributed by atoms with Crippen molar-refractivity contribution in [3.63, 3.8) is 0 Å². The zero-order chi connectivity index (χ0) is 21.9. The van der Waals surface area contributed by atoms with Crippen molar-refractivity contribution in [1.29, 1.82) is 0 Å². The molecule has 5 rings (SSSR count). The Balaban J connectivity index is 1.20. The molecule has 2 N–H and O–H groups in total. The Morgan fingerprint density at radius 3 is 2.62 bits per heavy atom. The first-order valence-electron chi connectivity index (χ1n) is 11.6. The van der Waals surface area contributed by atoms with Crippen LogP contribution in [0.4, 0.5) is 5.95 Å². The molecule has 0 saturated heterocycles. The van der Waals surface area contributed by atoms with Gasteiger partial charge in [-0.15, -0.1) is 0 Å². The van der Waals surface area contributed by atoms with Crippen molar-refractivity contribution in [2.75, 3.05) is 5.32 Å². The summed E-state index contributed by atoms with van der Waals surface area (Å²) in [6.07, 6.45) is 15.4. The summed E-state index contributed by atoms with van der Waals surface area (Å²) in [5.41, 5.74) is 4.24. The van der Waals surface area contributed by atoms with Gasteiger partial charge in [0.25, 0.3) is 0 Å². The van der Waals surface area contributed by atoms with Crippen LogP contribution in [-0.4, -0.2) is 36.8 Å². The highest BCUT2D eigenvalue weighted by atomic mass is 35.5. The number of nitrogens with one attached hydrogen (secondary N) is 2. The fourth-order valence-electron chi connectivity index (χ4n) is 4.51. The summed E-state index contributed by atoms with van der Waals surface area (Å²) in [7, 11) is 2.00. The molecule has 0 spiro atoms. The van der Waals surface area contributed by atoms with Gasteiger partial charge in [-0.3, -0.25) is 9.67 Å². The van der Waals surface area contributed by atoms with Crippen LogP contribution in [0.15, 0.2) is 36.9 Å². The number of aromatic nitrogens is 5. The van der Waals surface area contributed by atoms with Crippen LogP contribution < -0.4 is 10.6 Å². The van der Waals surface area contributed by atoms with Gasteiger partial charge < -0.3 is 10.6 Å². The highest BCUT2D eigenvalue weighted by Gasteiger charge is 2.26. The van der Waals surface area contributed by atoms with Gasteiger partial charge in [0.1, 0.15) is 0 Å². The monoisotopic (exact) mass is 451 g/mol. The van der Waals surface area contributed by atoms with Gasteiger partial charge in [0.05, 0.1) is 23.1 Å². The molecule has 2 fully saturated rings. The maximum Gasteiger partial charge on any atom is 0.223 e. The highest BCUT2D eigenvalue weighted by molar-refractivity contribution is 6.32. The minimum atomic E-state index is 0.375. The molecule has 2 aliphatic rings. The molecule has 0 amide bonds. The standard InChI is InChI=1S/C24H30ClN7/c1-32-22(11-16-4-5-16)20(14-29-32)23-21(25)15-28-24(31-23)30-19-8-6-18(7-9-19)27-13-17-3-2-10-26-12-17/h2-3,10,12,14-16,18-19,27H,4-9,11,13H2,1H3,(H,28,30,31)/t18-,19+. The topological polar surface area (TPSA) is 80.5 Å². The van der Waals surface area contributed by atoms with Crippen molar-refractivity contribution in [3.05, 3.63) is 53.2 Å². The molecule has 2 aliphatic carbocycles. The SMILES string of the molecule is Cn1ncc(-c2nc(N[C@H]3CC[C@@H](NCc4cccnc4)CC3)ncc2Cl)c1CC1CC1. The molecule has 8 heteroatoms. The van der Waals surface area contributed by atoms with Crippen molar-refractivity contribution < 1.29 is 0 Å². The fraction of sp³-hybridized carbons (Fsp3) is 0.500. The Labute approximate surface area is 194 Å². The molecule has 3 aromatic rings. The van der Waals surface area contributed by atoms with Crippen LogP contribution in [0, 0.1) is 5.92 Å². The summed E-state index contributed by atoms with van der Waals surface area (Å²) in [5.74, 6) is 1.42. The lowest BCUT2D eigenvalue weighted by atomic mass is 9.91. The summed E-state index contributed by atoms with van der Waals surface area (Å²) in [5, 5.41) is 12.3. The molecule has 168 valence electrons. The van der Waals surface area contributed by atoms with Crippen molar-refractivity contribution in [1.82, 2.24) is 30.0 Å². The van der Waals surface area contributed by atoms with Crippen molar-refractivity contribution in [2.45, 2.75) is 63.6 Å². The molecule has 0 unspecified atom stereocenters. The smallest absolute Gasteiger partial charge is 0.223 e. The number of anilines is 1. The number of hydrogen-bond donors (Lipinski definition) is 2. The summed E-state index contributed by atoms with van der Waals surface area (Å²) in [6, 6.07) is 5.01. The van der Waals surface area contributed by atoms with Gasteiger partial charge in [0, 0.05) is 49.3 Å². The Bertz CT molecular complexity index is 1040. The Kier molecular flexibility index (Phi) is 6.37. The molecule has 3 heterocycles. The molecule has 3 aromatic heterocycles. The zero-order valence-corrected chi connectivity index (χ0v) is 19.2. The van der Waals surface area contributed by atoms with Crippen molar-refractivity contribution >= 4 is 17.5 Å². The van der Waals surface area contributed by atoms with E-state index in [9.17, 15) is 0 Å². The summed E-state index contributed by atoms with van der Waals surface area (Å²) in [6.45, 7) is 0.870. The fourth-order valence-corrected chi connectivity index (χ4v) is 4.71. The molecule has 2 saturated carbocycles. The largest absolute Gasteiger partial charge is 0.351 e. The normalized spacial score (nSPS) is 20.9. The molecule has 0 atom stereocenters. The van der Waals surface area contributed by atoms with Crippen LogP contribution in [0.25, 0.3) is 11.3 Å². The second-order valence-electron chi connectivity index (χ2n) is 9.10. The Hall–Kier alpha value is -2.51. The second-order valence-corrected chi connectivity index (χ2v) is 9.51. The van der Waals surface area contributed by atoms with E-state index in [1.165, 1.54) is 24.1 Å². The van der Waals surface area contributed by atoms with E-state index in [2.05, 4.69) is 31.8 Å². The number of rotatable bonds is 8. The third-order valence-electron chi connectivity index (χ3n) is 6.62. The Morgan fingerprint density at radius 1 is 1.06 bits per heavy atom. The first-order valence-corrected chi connectivity index (χ1v) is 12.0. The number of halogens is 1. The van der Waals surface area contributed by atoms with Gasteiger partial charge in [0.2, 0.25) is 5.95 Å². The predicted molar refractivity (Wildman–Crippen MR) is 126 cm³/mol. The minimum Gasteiger partial charge on any atom is -0.351 e. The Morgan fingerprint density at radius 2 is 1.88 bits per heavy atom. The average Bonchev–Trinajstić information content (AvgIpc) is 3.57. The maximum absolute atomic E-state index is 6.51. The van der Waals surface area contributed by atoms with E-state index in [1.54, 1.807) is 6.20 Å². The minimum absolute atomic E-state index is 0.375. The van der Waals surface area contributed by atoms with Gasteiger partial charge in [0.15, 0.2) is 0 Å². The zero-order valence-electron chi connectivity index (χ0n) is 18.5. The third-order valence-corrected chi connectivity index (χ3v) is 6.89. The van der Waals surface area contributed by atoms with Gasteiger partial charge in [-0.05, 0) is 62.5 Å². The van der Waals surface area contributed by atoms with Crippen LogP contribution in [0.2, 0.25) is 5.02 Å². The van der Waals surface area contributed by atoms with E-state index in [0.717, 1.165) is 55.8 Å². The van der Waals surface area contributed by atoms with E-state index >= 15 is 0 Å². The average molecular weight is 452 g/mol. The van der Waals surface area contributed by atoms with Crippen LogP contribution >= 0.6 is 11.6 Å². The van der Waals surface area contributed by atoms with E-state index in [0.29, 0.717) is 23.1 Å². The van der Waals surface area contributed by atoms with Gasteiger partial charge in [-0.1, -0.05) is 17.7 Å². The summed E-state index contributed by atoms with van der Waals surface area (Å²) in [4.78, 5) is 13.5. The molecule has 0 aromatic carbocycles. The number of aryl methyl sites for hydroxylation is 1. The molecule has 0 radical (unpaired) electrons. The first-order chi connectivity index (χ1) is 15.7. The molecule has 32 heavy (non-hydrogen) atoms. The lowest BCUT2D eigenvalue weighted by molar-refractivity contribution is 0.352. The maximum atomic E-state index is 6.51. The third kappa shape index (κ3) is 5.10. The lowest BCUT2D eigenvalue weighted by Crippen LogP contribution is -2.36. The number of nitrogens with zero attached hydrogens (tertiary/aromatic N) is 5. The van der Waals surface area contributed by atoms with Crippen LogP contribution in [-0.2, 0) is 20.0 Å².